The minimum absolute atomic E-state index is 0.0644. The van der Waals surface area contributed by atoms with E-state index in [2.05, 4.69) is 41.7 Å². The van der Waals surface area contributed by atoms with E-state index in [1.165, 1.54) is 0 Å². The van der Waals surface area contributed by atoms with Gasteiger partial charge in [-0.15, -0.1) is 11.8 Å². The van der Waals surface area contributed by atoms with E-state index in [4.69, 9.17) is 0 Å². The molecule has 2 aromatic rings. The van der Waals surface area contributed by atoms with Crippen molar-refractivity contribution in [2.75, 3.05) is 57.7 Å². The number of Topliss-reactive ketones (excluding diaryl/α,β-unsaturated/α-hetero) is 3. The van der Waals surface area contributed by atoms with Gasteiger partial charge in [-0.1, -0.05) is 46.6 Å². The first-order valence-electron chi connectivity index (χ1n) is 29.4. The number of fused-ring (bicyclic) bond motifs is 5. The number of nitrogens with one attached hydrogen (secondary N) is 8. The van der Waals surface area contributed by atoms with Gasteiger partial charge in [0.15, 0.2) is 11.6 Å². The summed E-state index contributed by atoms with van der Waals surface area (Å²) in [5, 5.41) is 40.6. The SMILES string of the molecule is CCC(C)[C@@H]1NC(=O)[C@@H]2C[C@@H](O)CN2C(=O)[C@H](CC(=O)O)CC(=O)[C@@H]2CSc3[nH]c4ccc(CC(=O)CCCP(=O)(NCCN5C(=O)C=CC5=O)NCCN5C(=O)C=CC5=O)cc4c3C[C@@H](CC1=O)C(=O)NCC(=O)N[C@@H]([C@@H](C)CC)C(=O)NCC(=O)N2. The average molecular weight is 1260 g/mol. The van der Waals surface area contributed by atoms with Crippen LogP contribution in [-0.2, 0) is 84.5 Å². The zero-order valence-electron chi connectivity index (χ0n) is 49.4. The van der Waals surface area contributed by atoms with Gasteiger partial charge in [-0.2, -0.15) is 0 Å². The summed E-state index contributed by atoms with van der Waals surface area (Å²) in [6.07, 6.45) is 0.847. The molecule has 5 aliphatic heterocycles. The highest BCUT2D eigenvalue weighted by Gasteiger charge is 2.45. The summed E-state index contributed by atoms with van der Waals surface area (Å²) < 4.78 is 14.3. The molecule has 0 radical (unpaired) electrons. The molecule has 88 heavy (non-hydrogen) atoms. The van der Waals surface area contributed by atoms with Crippen LogP contribution in [0.15, 0.2) is 47.5 Å². The molecule has 1 saturated heterocycles. The third-order valence-corrected chi connectivity index (χ3v) is 20.0. The molecule has 10 N–H and O–H groups in total. The maximum Gasteiger partial charge on any atom is 0.304 e. The topological polar surface area (TPSA) is 406 Å². The highest BCUT2D eigenvalue weighted by Crippen LogP contribution is 2.38. The Kier molecular flexibility index (Phi) is 23.5. The van der Waals surface area contributed by atoms with Gasteiger partial charge in [0.25, 0.3) is 23.6 Å². The molecule has 6 heterocycles. The molecular weight excluding hydrogens is 1190 g/mol. The Morgan fingerprint density at radius 3 is 1.93 bits per heavy atom. The van der Waals surface area contributed by atoms with Crippen molar-refractivity contribution in [1.29, 1.82) is 0 Å². The van der Waals surface area contributed by atoms with Crippen molar-refractivity contribution >= 4 is 112 Å². The number of thioether (sulfide) groups is 1. The van der Waals surface area contributed by atoms with Crippen LogP contribution in [0.4, 0.5) is 0 Å². The van der Waals surface area contributed by atoms with Crippen LogP contribution < -0.4 is 36.8 Å². The van der Waals surface area contributed by atoms with E-state index < -0.39 is 177 Å². The molecule has 1 aromatic carbocycles. The number of aromatic nitrogens is 1. The molecule has 2 bridgehead atoms. The summed E-state index contributed by atoms with van der Waals surface area (Å²) >= 11 is 1.00. The molecule has 1 fully saturated rings. The van der Waals surface area contributed by atoms with Gasteiger partial charge in [-0.05, 0) is 47.9 Å². The first-order chi connectivity index (χ1) is 41.8. The van der Waals surface area contributed by atoms with Gasteiger partial charge in [-0.3, -0.25) is 91.7 Å². The van der Waals surface area contributed by atoms with Crippen LogP contribution in [0.25, 0.3) is 10.9 Å². The molecule has 0 spiro atoms. The Hall–Kier alpha value is -7.72. The quantitative estimate of drug-likeness (QED) is 0.0579. The van der Waals surface area contributed by atoms with Crippen LogP contribution >= 0.6 is 19.2 Å². The summed E-state index contributed by atoms with van der Waals surface area (Å²) in [7, 11) is -3.62. The molecule has 1 aromatic heterocycles. The third-order valence-electron chi connectivity index (χ3n) is 16.5. The number of aliphatic hydroxyl groups is 1. The first kappa shape index (κ1) is 67.8. The number of benzene rings is 1. The number of aromatic amines is 1. The molecule has 0 aliphatic carbocycles. The maximum absolute atomic E-state index is 14.9. The Balaban J connectivity index is 1.24. The van der Waals surface area contributed by atoms with Crippen molar-refractivity contribution in [1.82, 2.24) is 56.4 Å². The van der Waals surface area contributed by atoms with Gasteiger partial charge in [0, 0.05) is 118 Å². The summed E-state index contributed by atoms with van der Waals surface area (Å²) in [4.78, 5) is 196. The third kappa shape index (κ3) is 17.5. The number of aliphatic hydroxyl groups excluding tert-OH is 1. The number of imide groups is 2. The highest BCUT2D eigenvalue weighted by molar-refractivity contribution is 7.99. The number of carbonyl (C=O) groups excluding carboxylic acids is 13. The first-order valence-corrected chi connectivity index (χ1v) is 32.3. The Morgan fingerprint density at radius 1 is 0.739 bits per heavy atom. The maximum atomic E-state index is 14.9. The number of ketones is 3. The number of rotatable bonds is 20. The number of carboxylic acids is 1. The van der Waals surface area contributed by atoms with Crippen LogP contribution in [0.5, 0.6) is 0 Å². The molecular formula is C58H76N11O17PS. The number of carbonyl (C=O) groups is 14. The van der Waals surface area contributed by atoms with Gasteiger partial charge in [0.2, 0.25) is 42.9 Å². The van der Waals surface area contributed by atoms with Crippen LogP contribution in [0.2, 0.25) is 0 Å². The normalized spacial score (nSPS) is 24.7. The summed E-state index contributed by atoms with van der Waals surface area (Å²) in [5.41, 5.74) is 1.33. The lowest BCUT2D eigenvalue weighted by atomic mass is 9.86. The molecule has 5 aliphatic rings. The van der Waals surface area contributed by atoms with Crippen molar-refractivity contribution < 1.29 is 81.9 Å². The van der Waals surface area contributed by atoms with Gasteiger partial charge in [-0.25, -0.2) is 0 Å². The van der Waals surface area contributed by atoms with E-state index in [0.717, 1.165) is 50.8 Å². The van der Waals surface area contributed by atoms with Crippen LogP contribution in [0.3, 0.4) is 0 Å². The monoisotopic (exact) mass is 1260 g/mol. The van der Waals surface area contributed by atoms with E-state index in [9.17, 15) is 81.9 Å². The predicted octanol–water partition coefficient (Wildman–Crippen LogP) is -0.690. The number of hydrogen-bond acceptors (Lipinski definition) is 17. The van der Waals surface area contributed by atoms with Gasteiger partial charge in [0.05, 0.1) is 48.6 Å². The lowest BCUT2D eigenvalue weighted by Gasteiger charge is -2.31. The number of amides is 10. The minimum Gasteiger partial charge on any atom is -0.481 e. The molecule has 476 valence electrons. The van der Waals surface area contributed by atoms with Crippen molar-refractivity contribution in [2.24, 2.45) is 23.7 Å². The molecule has 30 heteroatoms. The fraction of sp³-hybridized carbons (Fsp3) is 0.552. The molecule has 0 saturated carbocycles. The number of H-pyrrole nitrogens is 1. The van der Waals surface area contributed by atoms with Crippen LogP contribution in [0.1, 0.15) is 90.2 Å². The summed E-state index contributed by atoms with van der Waals surface area (Å²) in [5.74, 6) is -14.6. The molecule has 7 rings (SSSR count). The van der Waals surface area contributed by atoms with Gasteiger partial charge >= 0.3 is 5.97 Å². The van der Waals surface area contributed by atoms with Crippen molar-refractivity contribution in [2.45, 2.75) is 127 Å². The fourth-order valence-electron chi connectivity index (χ4n) is 11.1. The molecule has 28 nitrogen and oxygen atoms in total. The van der Waals surface area contributed by atoms with E-state index >= 15 is 0 Å². The van der Waals surface area contributed by atoms with Gasteiger partial charge < -0.3 is 46.7 Å². The Bertz CT molecular complexity index is 3150. The zero-order chi connectivity index (χ0) is 64.1. The summed E-state index contributed by atoms with van der Waals surface area (Å²) in [6, 6.07) is -0.374. The standard InChI is InChI=1S/C58H76N11O17PS/c1-5-31(3)52-44(73)23-34-22-39-38-21-33(20-36(70)8-7-19-87(86,61-15-17-67-47(76)11-12-48(67)77)62-16-18-68-49(78)13-14-50(68)79)9-10-40(38)64-57(39)88-30-41(63-45(74)27-60-56(84)53(32(4)6-2)65-46(75)28-59-54(34)82)43(72)24-35(25-51(80)81)58(85)69-29-37(71)26-42(69)55(83)66-52/h9-14,21,31-32,34-35,37,41-42,52-53,64,71H,5-8,15-20,22-30H2,1-4H3,(H,59,82)(H,60,84)(H,63,74)(H,65,75)(H,66,83)(H,80,81)(H2,61,62,86)/t31?,32-,34-,35-,37+,41-,42-,52-,53-/m0/s1. The minimum atomic E-state index is -3.62. The Labute approximate surface area is 511 Å². The van der Waals surface area contributed by atoms with Crippen molar-refractivity contribution in [3.05, 3.63) is 53.6 Å². The smallest absolute Gasteiger partial charge is 0.304 e. The van der Waals surface area contributed by atoms with E-state index in [1.807, 2.05) is 0 Å². The van der Waals surface area contributed by atoms with Crippen LogP contribution in [-0.4, -0.2) is 200 Å². The fourth-order valence-corrected chi connectivity index (χ4v) is 14.3. The van der Waals surface area contributed by atoms with Crippen molar-refractivity contribution in [3.63, 3.8) is 0 Å². The number of carboxylic acid groups (broad SMARTS) is 1. The Morgan fingerprint density at radius 2 is 1.33 bits per heavy atom. The van der Waals surface area contributed by atoms with Crippen molar-refractivity contribution in [3.8, 4) is 0 Å². The molecule has 10 amide bonds. The van der Waals surface area contributed by atoms with Crippen LogP contribution in [0, 0.1) is 23.7 Å². The highest BCUT2D eigenvalue weighted by atomic mass is 32.2. The average Bonchev–Trinajstić information content (AvgIpc) is 3.36. The molecule has 1 unspecified atom stereocenters. The number of nitrogens with zero attached hydrogens (tertiary/aromatic N) is 3. The lowest BCUT2D eigenvalue weighted by molar-refractivity contribution is -0.148. The zero-order valence-corrected chi connectivity index (χ0v) is 51.1. The second kappa shape index (κ2) is 30.5. The second-order valence-corrected chi connectivity index (χ2v) is 26.4. The van der Waals surface area contributed by atoms with E-state index in [0.29, 0.717) is 39.9 Å². The summed E-state index contributed by atoms with van der Waals surface area (Å²) in [6.45, 7) is 4.71. The predicted molar refractivity (Wildman–Crippen MR) is 316 cm³/mol. The lowest BCUT2D eigenvalue weighted by Crippen LogP contribution is -2.55. The van der Waals surface area contributed by atoms with E-state index in [-0.39, 0.29) is 76.0 Å². The van der Waals surface area contributed by atoms with Gasteiger partial charge in [0.1, 0.15) is 17.9 Å². The number of aliphatic carboxylic acids is 1. The molecule has 9 atom stereocenters. The number of hydrogen-bond donors (Lipinski definition) is 10. The second-order valence-electron chi connectivity index (χ2n) is 22.8. The largest absolute Gasteiger partial charge is 0.481 e. The van der Waals surface area contributed by atoms with E-state index in [1.54, 1.807) is 45.9 Å².